The maximum atomic E-state index is 12.2. The highest BCUT2D eigenvalue weighted by molar-refractivity contribution is 6.37. The Morgan fingerprint density at radius 3 is 2.52 bits per heavy atom. The van der Waals surface area contributed by atoms with Crippen molar-refractivity contribution in [2.75, 3.05) is 0 Å². The summed E-state index contributed by atoms with van der Waals surface area (Å²) in [5.74, 6) is 0.349. The topological polar surface area (TPSA) is 123 Å². The highest BCUT2D eigenvalue weighted by Crippen LogP contribution is 2.43. The van der Waals surface area contributed by atoms with Gasteiger partial charge in [0.2, 0.25) is 5.88 Å². The van der Waals surface area contributed by atoms with Crippen molar-refractivity contribution in [1.82, 2.24) is 25.0 Å². The van der Waals surface area contributed by atoms with Gasteiger partial charge in [-0.2, -0.15) is 9.78 Å². The highest BCUT2D eigenvalue weighted by atomic mass is 35.5. The van der Waals surface area contributed by atoms with E-state index in [-0.39, 0.29) is 38.3 Å². The zero-order valence-corrected chi connectivity index (χ0v) is 16.9. The normalized spacial score (nSPS) is 14.6. The van der Waals surface area contributed by atoms with E-state index in [2.05, 4.69) is 20.3 Å². The van der Waals surface area contributed by atoms with Gasteiger partial charge in [0.15, 0.2) is 5.75 Å². The summed E-state index contributed by atoms with van der Waals surface area (Å²) in [6.07, 6.45) is 2.39. The van der Waals surface area contributed by atoms with E-state index in [0.29, 0.717) is 17.5 Å². The summed E-state index contributed by atoms with van der Waals surface area (Å²) in [6, 6.07) is 2.84. The number of hydrogen-bond acceptors (Lipinski definition) is 6. The van der Waals surface area contributed by atoms with Crippen LogP contribution < -0.4 is 21.5 Å². The lowest BCUT2D eigenvalue weighted by atomic mass is 9.88. The minimum Gasteiger partial charge on any atom is -0.434 e. The zero-order valence-electron chi connectivity index (χ0n) is 15.4. The van der Waals surface area contributed by atoms with E-state index in [0.717, 1.165) is 17.3 Å². The van der Waals surface area contributed by atoms with E-state index in [1.54, 1.807) is 0 Å². The van der Waals surface area contributed by atoms with Crippen LogP contribution in [-0.2, 0) is 11.8 Å². The fourth-order valence-corrected chi connectivity index (χ4v) is 4.02. The summed E-state index contributed by atoms with van der Waals surface area (Å²) in [5, 5.41) is 10.4. The monoisotopic (exact) mass is 435 g/mol. The van der Waals surface area contributed by atoms with Crippen molar-refractivity contribution >= 4 is 23.2 Å². The molecule has 2 heterocycles. The molecule has 0 bridgehead atoms. The van der Waals surface area contributed by atoms with Crippen molar-refractivity contribution in [3.8, 4) is 17.3 Å². The van der Waals surface area contributed by atoms with Crippen molar-refractivity contribution in [1.29, 1.82) is 0 Å². The van der Waals surface area contributed by atoms with Gasteiger partial charge in [-0.05, 0) is 30.4 Å². The van der Waals surface area contributed by atoms with Crippen LogP contribution in [-0.4, -0.2) is 25.0 Å². The minimum absolute atomic E-state index is 0.103. The second-order valence-corrected chi connectivity index (χ2v) is 8.10. The van der Waals surface area contributed by atoms with Gasteiger partial charge in [-0.15, -0.1) is 5.10 Å². The molecule has 29 heavy (non-hydrogen) atoms. The Bertz CT molecular complexity index is 1290. The molecule has 1 aromatic carbocycles. The molecule has 0 amide bonds. The molecule has 0 aliphatic heterocycles. The van der Waals surface area contributed by atoms with Gasteiger partial charge < -0.3 is 4.74 Å². The Labute approximate surface area is 173 Å². The van der Waals surface area contributed by atoms with E-state index < -0.39 is 11.2 Å². The summed E-state index contributed by atoms with van der Waals surface area (Å²) in [7, 11) is 0. The van der Waals surface area contributed by atoms with Crippen molar-refractivity contribution in [2.24, 2.45) is 0 Å². The van der Waals surface area contributed by atoms with E-state index >= 15 is 0 Å². The third-order valence-corrected chi connectivity index (χ3v) is 5.42. The molecule has 0 saturated heterocycles. The van der Waals surface area contributed by atoms with Gasteiger partial charge in [-0.25, -0.2) is 9.89 Å². The van der Waals surface area contributed by atoms with Crippen LogP contribution in [0.25, 0.3) is 5.69 Å². The number of aromatic nitrogens is 5. The van der Waals surface area contributed by atoms with Crippen LogP contribution in [0, 0.1) is 0 Å². The third kappa shape index (κ3) is 3.36. The Hall–Kier alpha value is -2.91. The standard InChI is InChI=1S/C18H15Cl2N5O4/c1-18(2)4-3-9-13(18)15(27)23-24-16(9)29-14-10(19)5-8(6-11(14)20)25-17(28)22-12(26)7-21-25/h5-7H,3-4H2,1-2H3,(H,23,27)(H,22,26,28). The lowest BCUT2D eigenvalue weighted by Crippen LogP contribution is -2.30. The van der Waals surface area contributed by atoms with E-state index in [1.165, 1.54) is 12.1 Å². The molecular formula is C18H15Cl2N5O4. The maximum absolute atomic E-state index is 12.2. The second-order valence-electron chi connectivity index (χ2n) is 7.29. The number of rotatable bonds is 3. The first kappa shape index (κ1) is 19.4. The number of nitrogens with one attached hydrogen (secondary N) is 2. The van der Waals surface area contributed by atoms with Crippen LogP contribution in [0.5, 0.6) is 11.6 Å². The van der Waals surface area contributed by atoms with Crippen LogP contribution in [0.15, 0.2) is 32.7 Å². The molecule has 1 aliphatic rings. The van der Waals surface area contributed by atoms with Crippen molar-refractivity contribution in [3.63, 3.8) is 0 Å². The van der Waals surface area contributed by atoms with E-state index in [9.17, 15) is 14.4 Å². The molecule has 0 unspecified atom stereocenters. The molecule has 1 aliphatic carbocycles. The van der Waals surface area contributed by atoms with Gasteiger partial charge in [0.05, 0.1) is 15.7 Å². The molecule has 150 valence electrons. The van der Waals surface area contributed by atoms with E-state index in [1.807, 2.05) is 13.8 Å². The van der Waals surface area contributed by atoms with Crippen molar-refractivity contribution in [3.05, 3.63) is 70.7 Å². The molecule has 11 heteroatoms. The van der Waals surface area contributed by atoms with Crippen LogP contribution in [0.3, 0.4) is 0 Å². The van der Waals surface area contributed by atoms with Gasteiger partial charge in [0.1, 0.15) is 6.20 Å². The first-order chi connectivity index (χ1) is 13.7. The smallest absolute Gasteiger partial charge is 0.349 e. The molecule has 2 aromatic heterocycles. The average Bonchev–Trinajstić information content (AvgIpc) is 2.96. The quantitative estimate of drug-likeness (QED) is 0.650. The molecule has 4 rings (SSSR count). The molecular weight excluding hydrogens is 421 g/mol. The van der Waals surface area contributed by atoms with Gasteiger partial charge >= 0.3 is 5.69 Å². The maximum Gasteiger partial charge on any atom is 0.349 e. The van der Waals surface area contributed by atoms with Crippen LogP contribution in [0.4, 0.5) is 0 Å². The Morgan fingerprint density at radius 2 is 1.86 bits per heavy atom. The summed E-state index contributed by atoms with van der Waals surface area (Å²) in [5.41, 5.74) is -0.299. The SMILES string of the molecule is CC1(C)CCc2c(Oc3c(Cl)cc(-n4ncc(=O)[nH]c4=O)cc3Cl)n[nH]c(=O)c21. The number of benzene rings is 1. The summed E-state index contributed by atoms with van der Waals surface area (Å²) in [6.45, 7) is 3.98. The molecule has 0 radical (unpaired) electrons. The molecule has 0 saturated carbocycles. The summed E-state index contributed by atoms with van der Waals surface area (Å²) >= 11 is 12.7. The number of halogens is 2. The number of hydrogen-bond donors (Lipinski definition) is 2. The third-order valence-electron chi connectivity index (χ3n) is 4.86. The van der Waals surface area contributed by atoms with Gasteiger partial charge in [0, 0.05) is 11.1 Å². The van der Waals surface area contributed by atoms with Crippen LogP contribution in [0.1, 0.15) is 31.4 Å². The number of fused-ring (bicyclic) bond motifs is 1. The largest absolute Gasteiger partial charge is 0.434 e. The summed E-state index contributed by atoms with van der Waals surface area (Å²) < 4.78 is 6.81. The first-order valence-corrected chi connectivity index (χ1v) is 9.41. The van der Waals surface area contributed by atoms with Crippen molar-refractivity contribution < 1.29 is 4.74 Å². The lowest BCUT2D eigenvalue weighted by molar-refractivity contribution is 0.448. The molecule has 0 fully saturated rings. The molecule has 0 atom stereocenters. The van der Waals surface area contributed by atoms with Gasteiger partial charge in [0.25, 0.3) is 11.1 Å². The fraction of sp³-hybridized carbons (Fsp3) is 0.278. The molecule has 0 spiro atoms. The average molecular weight is 436 g/mol. The van der Waals surface area contributed by atoms with E-state index in [4.69, 9.17) is 27.9 Å². The van der Waals surface area contributed by atoms with Crippen LogP contribution in [0.2, 0.25) is 10.0 Å². The predicted molar refractivity (Wildman–Crippen MR) is 107 cm³/mol. The Balaban J connectivity index is 1.77. The predicted octanol–water partition coefficient (Wildman–Crippen LogP) is 2.33. The zero-order chi connectivity index (χ0) is 20.9. The number of aromatic amines is 2. The second kappa shape index (κ2) is 6.85. The number of nitrogens with zero attached hydrogens (tertiary/aromatic N) is 3. The lowest BCUT2D eigenvalue weighted by Gasteiger charge is -2.18. The number of ether oxygens (including phenoxy) is 1. The van der Waals surface area contributed by atoms with Gasteiger partial charge in [-0.3, -0.25) is 14.6 Å². The fourth-order valence-electron chi connectivity index (χ4n) is 3.46. The molecule has 9 nitrogen and oxygen atoms in total. The Kier molecular flexibility index (Phi) is 4.59. The van der Waals surface area contributed by atoms with Gasteiger partial charge in [-0.1, -0.05) is 37.0 Å². The summed E-state index contributed by atoms with van der Waals surface area (Å²) in [4.78, 5) is 37.5. The minimum atomic E-state index is -0.736. The number of H-pyrrole nitrogens is 2. The molecule has 3 aromatic rings. The van der Waals surface area contributed by atoms with Crippen molar-refractivity contribution in [2.45, 2.75) is 32.1 Å². The van der Waals surface area contributed by atoms with Crippen LogP contribution >= 0.6 is 23.2 Å². The first-order valence-electron chi connectivity index (χ1n) is 8.65. The Morgan fingerprint density at radius 1 is 1.17 bits per heavy atom. The molecule has 2 N–H and O–H groups in total. The highest BCUT2D eigenvalue weighted by Gasteiger charge is 2.36.